The van der Waals surface area contributed by atoms with E-state index in [9.17, 15) is 4.79 Å². The third-order valence-electron chi connectivity index (χ3n) is 4.66. The van der Waals surface area contributed by atoms with Crippen LogP contribution in [0.1, 0.15) is 28.9 Å². The molecule has 114 valence electrons. The van der Waals surface area contributed by atoms with Crippen LogP contribution in [0.3, 0.4) is 0 Å². The van der Waals surface area contributed by atoms with Gasteiger partial charge in [0.1, 0.15) is 5.69 Å². The highest BCUT2D eigenvalue weighted by Gasteiger charge is 2.44. The monoisotopic (exact) mass is 302 g/mol. The van der Waals surface area contributed by atoms with E-state index in [1.165, 1.54) is 5.56 Å². The molecule has 23 heavy (non-hydrogen) atoms. The standard InChI is InChI=1S/C20H18N2O/c23-19(18-11-10-15-6-4-5-9-17(15)22-18)21-14-20(12-13-20)16-7-2-1-3-8-16/h1-11H,12-14H2,(H,21,23). The summed E-state index contributed by atoms with van der Waals surface area (Å²) in [6.07, 6.45) is 2.25. The number of nitrogens with zero attached hydrogens (tertiary/aromatic N) is 1. The molecule has 1 amide bonds. The zero-order valence-electron chi connectivity index (χ0n) is 12.8. The maximum Gasteiger partial charge on any atom is 0.269 e. The van der Waals surface area contributed by atoms with Crippen molar-refractivity contribution in [1.29, 1.82) is 0 Å². The highest BCUT2D eigenvalue weighted by Crippen LogP contribution is 2.47. The van der Waals surface area contributed by atoms with Crippen molar-refractivity contribution in [3.8, 4) is 0 Å². The zero-order chi connectivity index (χ0) is 15.7. The maximum absolute atomic E-state index is 12.4. The normalized spacial score (nSPS) is 15.3. The van der Waals surface area contributed by atoms with Gasteiger partial charge in [0, 0.05) is 17.3 Å². The number of carbonyl (C=O) groups is 1. The average Bonchev–Trinajstić information content (AvgIpc) is 3.41. The van der Waals surface area contributed by atoms with Crippen LogP contribution < -0.4 is 5.32 Å². The van der Waals surface area contributed by atoms with Crippen molar-refractivity contribution >= 4 is 16.8 Å². The third kappa shape index (κ3) is 2.70. The quantitative estimate of drug-likeness (QED) is 0.798. The third-order valence-corrected chi connectivity index (χ3v) is 4.66. The summed E-state index contributed by atoms with van der Waals surface area (Å²) in [6.45, 7) is 0.671. The first-order chi connectivity index (χ1) is 11.3. The second-order valence-electron chi connectivity index (χ2n) is 6.22. The number of hydrogen-bond acceptors (Lipinski definition) is 2. The van der Waals surface area contributed by atoms with E-state index in [2.05, 4.69) is 34.6 Å². The lowest BCUT2D eigenvalue weighted by atomic mass is 9.96. The summed E-state index contributed by atoms with van der Waals surface area (Å²) in [5.74, 6) is -0.0991. The molecule has 1 heterocycles. The number of amides is 1. The Morgan fingerprint density at radius 3 is 2.48 bits per heavy atom. The van der Waals surface area contributed by atoms with Gasteiger partial charge in [-0.3, -0.25) is 4.79 Å². The van der Waals surface area contributed by atoms with Crippen molar-refractivity contribution < 1.29 is 4.79 Å². The van der Waals surface area contributed by atoms with Crippen molar-refractivity contribution in [2.45, 2.75) is 18.3 Å². The SMILES string of the molecule is O=C(NCC1(c2ccccc2)CC1)c1ccc2ccccc2n1. The van der Waals surface area contributed by atoms with Gasteiger partial charge >= 0.3 is 0 Å². The van der Waals surface area contributed by atoms with E-state index in [-0.39, 0.29) is 11.3 Å². The molecule has 1 aliphatic rings. The molecule has 1 aliphatic carbocycles. The Morgan fingerprint density at radius 1 is 0.957 bits per heavy atom. The Hall–Kier alpha value is -2.68. The van der Waals surface area contributed by atoms with Gasteiger partial charge in [0.05, 0.1) is 5.52 Å². The number of nitrogens with one attached hydrogen (secondary N) is 1. The van der Waals surface area contributed by atoms with Crippen molar-refractivity contribution in [2.24, 2.45) is 0 Å². The van der Waals surface area contributed by atoms with Crippen LogP contribution >= 0.6 is 0 Å². The van der Waals surface area contributed by atoms with Gasteiger partial charge in [-0.25, -0.2) is 4.98 Å². The summed E-state index contributed by atoms with van der Waals surface area (Å²) in [6, 6.07) is 22.0. The number of hydrogen-bond donors (Lipinski definition) is 1. The fourth-order valence-corrected chi connectivity index (χ4v) is 3.04. The first-order valence-electron chi connectivity index (χ1n) is 7.96. The van der Waals surface area contributed by atoms with Gasteiger partial charge in [0.25, 0.3) is 5.91 Å². The molecule has 1 aromatic heterocycles. The van der Waals surface area contributed by atoms with Crippen LogP contribution in [0, 0.1) is 0 Å². The molecular formula is C20H18N2O. The smallest absolute Gasteiger partial charge is 0.269 e. The largest absolute Gasteiger partial charge is 0.350 e. The number of carbonyl (C=O) groups excluding carboxylic acids is 1. The predicted molar refractivity (Wildman–Crippen MR) is 91.4 cm³/mol. The van der Waals surface area contributed by atoms with Crippen LogP contribution in [0.5, 0.6) is 0 Å². The van der Waals surface area contributed by atoms with E-state index in [0.29, 0.717) is 12.2 Å². The molecule has 4 rings (SSSR count). The van der Waals surface area contributed by atoms with Gasteiger partial charge in [-0.05, 0) is 30.5 Å². The van der Waals surface area contributed by atoms with Crippen LogP contribution in [0.2, 0.25) is 0 Å². The Kier molecular flexibility index (Phi) is 3.34. The zero-order valence-corrected chi connectivity index (χ0v) is 12.8. The van der Waals surface area contributed by atoms with Crippen LogP contribution in [-0.2, 0) is 5.41 Å². The molecule has 1 N–H and O–H groups in total. The van der Waals surface area contributed by atoms with Gasteiger partial charge in [-0.1, -0.05) is 54.6 Å². The predicted octanol–water partition coefficient (Wildman–Crippen LogP) is 3.70. The van der Waals surface area contributed by atoms with Crippen molar-refractivity contribution in [3.63, 3.8) is 0 Å². The lowest BCUT2D eigenvalue weighted by molar-refractivity contribution is 0.0945. The van der Waals surface area contributed by atoms with Gasteiger partial charge in [-0.2, -0.15) is 0 Å². The Balaban J connectivity index is 1.49. The minimum Gasteiger partial charge on any atom is -0.350 e. The summed E-state index contributed by atoms with van der Waals surface area (Å²) in [4.78, 5) is 16.9. The van der Waals surface area contributed by atoms with E-state index in [1.54, 1.807) is 6.07 Å². The molecular weight excluding hydrogens is 284 g/mol. The molecule has 3 heteroatoms. The first-order valence-corrected chi connectivity index (χ1v) is 7.96. The second kappa shape index (κ2) is 5.51. The number of fused-ring (bicyclic) bond motifs is 1. The van der Waals surface area contributed by atoms with Crippen molar-refractivity contribution in [2.75, 3.05) is 6.54 Å². The molecule has 0 saturated heterocycles. The fourth-order valence-electron chi connectivity index (χ4n) is 3.04. The molecule has 0 aliphatic heterocycles. The Labute approximate surface area is 135 Å². The number of para-hydroxylation sites is 1. The molecule has 0 bridgehead atoms. The highest BCUT2D eigenvalue weighted by molar-refractivity contribution is 5.94. The van der Waals surface area contributed by atoms with Gasteiger partial charge in [-0.15, -0.1) is 0 Å². The molecule has 3 aromatic rings. The molecule has 3 nitrogen and oxygen atoms in total. The van der Waals surface area contributed by atoms with Crippen molar-refractivity contribution in [3.05, 3.63) is 78.0 Å². The number of rotatable bonds is 4. The first kappa shape index (κ1) is 13.9. The van der Waals surface area contributed by atoms with Gasteiger partial charge in [0.15, 0.2) is 0 Å². The molecule has 0 unspecified atom stereocenters. The molecule has 1 fully saturated rings. The number of pyridine rings is 1. The molecule has 1 saturated carbocycles. The van der Waals surface area contributed by atoms with Crippen LogP contribution in [0.15, 0.2) is 66.7 Å². The summed E-state index contributed by atoms with van der Waals surface area (Å²) in [7, 11) is 0. The lowest BCUT2D eigenvalue weighted by Crippen LogP contribution is -2.32. The van der Waals surface area contributed by atoms with Gasteiger partial charge in [0.2, 0.25) is 0 Å². The van der Waals surface area contributed by atoms with E-state index in [1.807, 2.05) is 36.4 Å². The summed E-state index contributed by atoms with van der Waals surface area (Å²) in [5, 5.41) is 4.11. The van der Waals surface area contributed by atoms with E-state index < -0.39 is 0 Å². The van der Waals surface area contributed by atoms with Crippen molar-refractivity contribution in [1.82, 2.24) is 10.3 Å². The Morgan fingerprint density at radius 2 is 1.70 bits per heavy atom. The number of aromatic nitrogens is 1. The van der Waals surface area contributed by atoms with Crippen LogP contribution in [0.25, 0.3) is 10.9 Å². The summed E-state index contributed by atoms with van der Waals surface area (Å²) >= 11 is 0. The molecule has 0 atom stereocenters. The topological polar surface area (TPSA) is 42.0 Å². The molecule has 0 spiro atoms. The van der Waals surface area contributed by atoms with E-state index in [4.69, 9.17) is 0 Å². The number of benzene rings is 2. The average molecular weight is 302 g/mol. The minimum absolute atomic E-state index is 0.0991. The van der Waals surface area contributed by atoms with Gasteiger partial charge < -0.3 is 5.32 Å². The maximum atomic E-state index is 12.4. The second-order valence-corrected chi connectivity index (χ2v) is 6.22. The van der Waals surface area contributed by atoms with Crippen LogP contribution in [0.4, 0.5) is 0 Å². The fraction of sp³-hybridized carbons (Fsp3) is 0.200. The van der Waals surface area contributed by atoms with E-state index in [0.717, 1.165) is 23.7 Å². The van der Waals surface area contributed by atoms with Crippen LogP contribution in [-0.4, -0.2) is 17.4 Å². The highest BCUT2D eigenvalue weighted by atomic mass is 16.1. The molecule has 2 aromatic carbocycles. The summed E-state index contributed by atoms with van der Waals surface area (Å²) < 4.78 is 0. The lowest BCUT2D eigenvalue weighted by Gasteiger charge is -2.16. The Bertz CT molecular complexity index is 854. The summed E-state index contributed by atoms with van der Waals surface area (Å²) in [5.41, 5.74) is 2.76. The minimum atomic E-state index is -0.0991. The molecule has 0 radical (unpaired) electrons. The van der Waals surface area contributed by atoms with E-state index >= 15 is 0 Å².